The van der Waals surface area contributed by atoms with Gasteiger partial charge in [0.15, 0.2) is 0 Å². The predicted molar refractivity (Wildman–Crippen MR) is 92.0 cm³/mol. The quantitative estimate of drug-likeness (QED) is 0.402. The van der Waals surface area contributed by atoms with Gasteiger partial charge in [0.05, 0.1) is 13.3 Å². The molecule has 1 aliphatic heterocycles. The molecule has 0 saturated heterocycles. The number of phenolic OH excluding ortho intramolecular Hbond substituents is 1. The van der Waals surface area contributed by atoms with Crippen LogP contribution in [0.1, 0.15) is 34.0 Å². The summed E-state index contributed by atoms with van der Waals surface area (Å²) < 4.78 is 21.2. The number of rotatable bonds is 6. The van der Waals surface area contributed by atoms with E-state index in [1.54, 1.807) is 26.0 Å². The molecule has 0 fully saturated rings. The number of esters is 1. The number of carbonyl (C=O) groups excluding carboxylic acids is 1. The van der Waals surface area contributed by atoms with E-state index in [9.17, 15) is 14.5 Å². The molecule has 7 nitrogen and oxygen atoms in total. The van der Waals surface area contributed by atoms with Gasteiger partial charge >= 0.3 is 13.6 Å². The van der Waals surface area contributed by atoms with E-state index in [1.165, 1.54) is 13.2 Å². The highest BCUT2D eigenvalue weighted by Gasteiger charge is 2.31. The highest BCUT2D eigenvalue weighted by Crippen LogP contribution is 2.42. The van der Waals surface area contributed by atoms with Gasteiger partial charge in [-0.2, -0.15) is 0 Å². The Morgan fingerprint density at radius 3 is 2.68 bits per heavy atom. The molecule has 136 valence electrons. The van der Waals surface area contributed by atoms with Gasteiger partial charge in [-0.3, -0.25) is 4.57 Å². The molecular weight excluding hydrogens is 347 g/mol. The number of phenols is 1. The summed E-state index contributed by atoms with van der Waals surface area (Å²) in [6.07, 6.45) is 4.73. The molecular formula is C17H21O7P. The first kappa shape index (κ1) is 19.2. The van der Waals surface area contributed by atoms with Crippen LogP contribution in [0.15, 0.2) is 23.8 Å². The van der Waals surface area contributed by atoms with Crippen molar-refractivity contribution in [2.45, 2.75) is 26.9 Å². The molecule has 25 heavy (non-hydrogen) atoms. The summed E-state index contributed by atoms with van der Waals surface area (Å²) >= 11 is 0. The smallest absolute Gasteiger partial charge is 0.342 e. The molecule has 0 aliphatic carbocycles. The van der Waals surface area contributed by atoms with Crippen molar-refractivity contribution < 1.29 is 33.7 Å². The Morgan fingerprint density at radius 2 is 2.08 bits per heavy atom. The van der Waals surface area contributed by atoms with Crippen LogP contribution in [0.4, 0.5) is 0 Å². The fraction of sp³-hybridized carbons (Fsp3) is 0.353. The Morgan fingerprint density at radius 1 is 1.40 bits per heavy atom. The third-order valence-electron chi connectivity index (χ3n) is 4.00. The number of ether oxygens (including phenoxy) is 2. The number of aromatic hydroxyl groups is 1. The van der Waals surface area contributed by atoms with Crippen LogP contribution in [0.2, 0.25) is 0 Å². The lowest BCUT2D eigenvalue weighted by atomic mass is 9.95. The van der Waals surface area contributed by atoms with Gasteiger partial charge in [0, 0.05) is 11.1 Å². The minimum atomic E-state index is -4.07. The molecule has 0 atom stereocenters. The lowest BCUT2D eigenvalue weighted by Gasteiger charge is -2.15. The van der Waals surface area contributed by atoms with Crippen LogP contribution >= 0.6 is 7.60 Å². The Kier molecular flexibility index (Phi) is 5.72. The molecule has 0 saturated carbocycles. The minimum Gasteiger partial charge on any atom is -0.507 e. The minimum absolute atomic E-state index is 0.115. The van der Waals surface area contributed by atoms with Crippen molar-refractivity contribution >= 4 is 13.6 Å². The van der Waals surface area contributed by atoms with Crippen molar-refractivity contribution in [3.63, 3.8) is 0 Å². The molecule has 1 aromatic carbocycles. The normalized spacial score (nSPS) is 14.8. The van der Waals surface area contributed by atoms with Gasteiger partial charge in [0.1, 0.15) is 23.7 Å². The number of fused-ring (bicyclic) bond motifs is 1. The van der Waals surface area contributed by atoms with Crippen molar-refractivity contribution in [3.05, 3.63) is 46.1 Å². The third-order valence-corrected chi connectivity index (χ3v) is 4.69. The Bertz CT molecular complexity index is 802. The summed E-state index contributed by atoms with van der Waals surface area (Å²) in [4.78, 5) is 29.5. The predicted octanol–water partition coefficient (Wildman–Crippen LogP) is 2.60. The molecule has 0 bridgehead atoms. The highest BCUT2D eigenvalue weighted by atomic mass is 31.2. The van der Waals surface area contributed by atoms with Gasteiger partial charge in [0.2, 0.25) is 0 Å². The zero-order chi connectivity index (χ0) is 18.8. The lowest BCUT2D eigenvalue weighted by molar-refractivity contribution is 0.0533. The average Bonchev–Trinajstić information content (AvgIpc) is 2.90. The number of allylic oxidation sites excluding steroid dienone is 4. The van der Waals surface area contributed by atoms with Crippen LogP contribution < -0.4 is 4.74 Å². The summed E-state index contributed by atoms with van der Waals surface area (Å²) in [5, 5.41) is 10.5. The van der Waals surface area contributed by atoms with E-state index in [0.717, 1.165) is 11.1 Å². The topological polar surface area (TPSA) is 113 Å². The Labute approximate surface area is 145 Å². The second-order valence-corrected chi connectivity index (χ2v) is 7.51. The van der Waals surface area contributed by atoms with Crippen LogP contribution in [0, 0.1) is 6.92 Å². The van der Waals surface area contributed by atoms with E-state index in [1.807, 2.05) is 0 Å². The monoisotopic (exact) mass is 368 g/mol. The maximum absolute atomic E-state index is 11.8. The van der Waals surface area contributed by atoms with Crippen LogP contribution in [0.5, 0.6) is 11.5 Å². The highest BCUT2D eigenvalue weighted by molar-refractivity contribution is 7.51. The van der Waals surface area contributed by atoms with E-state index < -0.39 is 13.6 Å². The Hall–Kier alpha value is -2.08. The van der Waals surface area contributed by atoms with Gasteiger partial charge in [-0.1, -0.05) is 23.8 Å². The SMILES string of the molecule is COc1c(C)c2c(c(O)c1CC=C(C)/C=C/CP(=O)(O)O)C(=O)OC2. The summed E-state index contributed by atoms with van der Waals surface area (Å²) in [5.74, 6) is -0.206. The summed E-state index contributed by atoms with van der Waals surface area (Å²) in [5.41, 5.74) is 2.79. The van der Waals surface area contributed by atoms with E-state index in [0.29, 0.717) is 23.3 Å². The standard InChI is InChI=1S/C17H21O7P/c1-10(5-4-8-25(20,21)22)6-7-12-15(18)14-13(9-24-17(14)19)11(2)16(12)23-3/h4-6,18H,7-9H2,1-3H3,(H2,20,21,22)/b5-4+,10-6?. The number of hydrogen-bond acceptors (Lipinski definition) is 5. The molecule has 0 amide bonds. The number of benzene rings is 1. The summed E-state index contributed by atoms with van der Waals surface area (Å²) in [6, 6.07) is 0. The van der Waals surface area contributed by atoms with Gasteiger partial charge in [-0.05, 0) is 25.8 Å². The molecule has 0 radical (unpaired) electrons. The summed E-state index contributed by atoms with van der Waals surface area (Å²) in [7, 11) is -2.58. The van der Waals surface area contributed by atoms with Crippen LogP contribution in [0.25, 0.3) is 0 Å². The van der Waals surface area contributed by atoms with E-state index in [-0.39, 0.29) is 24.1 Å². The molecule has 0 unspecified atom stereocenters. The average molecular weight is 368 g/mol. The first-order valence-corrected chi connectivity index (χ1v) is 9.41. The molecule has 1 aromatic rings. The molecule has 8 heteroatoms. The van der Waals surface area contributed by atoms with Crippen molar-refractivity contribution in [3.8, 4) is 11.5 Å². The first-order chi connectivity index (χ1) is 11.7. The number of carbonyl (C=O) groups is 1. The van der Waals surface area contributed by atoms with Gasteiger partial charge in [-0.25, -0.2) is 4.79 Å². The number of cyclic esters (lactones) is 1. The molecule has 1 aliphatic rings. The molecule has 1 heterocycles. The first-order valence-electron chi connectivity index (χ1n) is 7.62. The fourth-order valence-electron chi connectivity index (χ4n) is 2.74. The molecule has 0 spiro atoms. The maximum atomic E-state index is 11.8. The van der Waals surface area contributed by atoms with Crippen molar-refractivity contribution in [1.82, 2.24) is 0 Å². The summed E-state index contributed by atoms with van der Waals surface area (Å²) in [6.45, 7) is 3.69. The number of hydrogen-bond donors (Lipinski definition) is 3. The molecule has 3 N–H and O–H groups in total. The van der Waals surface area contributed by atoms with Crippen molar-refractivity contribution in [2.24, 2.45) is 0 Å². The van der Waals surface area contributed by atoms with Crippen molar-refractivity contribution in [2.75, 3.05) is 13.3 Å². The lowest BCUT2D eigenvalue weighted by Crippen LogP contribution is -2.03. The number of methoxy groups -OCH3 is 1. The van der Waals surface area contributed by atoms with E-state index in [2.05, 4.69) is 0 Å². The van der Waals surface area contributed by atoms with E-state index >= 15 is 0 Å². The molecule has 2 rings (SSSR count). The van der Waals surface area contributed by atoms with Crippen LogP contribution in [-0.2, 0) is 22.3 Å². The second kappa shape index (κ2) is 7.44. The van der Waals surface area contributed by atoms with Crippen molar-refractivity contribution in [1.29, 1.82) is 0 Å². The molecule has 0 aromatic heterocycles. The van der Waals surface area contributed by atoms with E-state index in [4.69, 9.17) is 19.3 Å². The van der Waals surface area contributed by atoms with Gasteiger partial charge in [-0.15, -0.1) is 0 Å². The Balaban J connectivity index is 2.32. The van der Waals surface area contributed by atoms with Gasteiger partial charge < -0.3 is 24.4 Å². The zero-order valence-corrected chi connectivity index (χ0v) is 15.2. The second-order valence-electron chi connectivity index (χ2n) is 5.82. The maximum Gasteiger partial charge on any atom is 0.342 e. The van der Waals surface area contributed by atoms with Crippen LogP contribution in [-0.4, -0.2) is 34.1 Å². The fourth-order valence-corrected chi connectivity index (χ4v) is 3.12. The third kappa shape index (κ3) is 4.31. The zero-order valence-electron chi connectivity index (χ0n) is 14.3. The largest absolute Gasteiger partial charge is 0.507 e. The van der Waals surface area contributed by atoms with Gasteiger partial charge in [0.25, 0.3) is 0 Å². The van der Waals surface area contributed by atoms with Crippen LogP contribution in [0.3, 0.4) is 0 Å².